The number of piperidine rings is 3. The van der Waals surface area contributed by atoms with E-state index in [0.29, 0.717) is 38.9 Å². The lowest BCUT2D eigenvalue weighted by Crippen LogP contribution is -2.61. The molecule has 0 radical (unpaired) electrons. The summed E-state index contributed by atoms with van der Waals surface area (Å²) in [5, 5.41) is 0. The molecule has 11 nitrogen and oxygen atoms in total. The molecule has 0 aliphatic carbocycles. The van der Waals surface area contributed by atoms with Gasteiger partial charge in [-0.2, -0.15) is 0 Å². The quantitative estimate of drug-likeness (QED) is 0.283. The van der Waals surface area contributed by atoms with Crippen molar-refractivity contribution in [3.05, 3.63) is 35.9 Å². The smallest absolute Gasteiger partial charge is 0.418 e. The minimum atomic E-state index is -1.01. The van der Waals surface area contributed by atoms with E-state index in [1.165, 1.54) is 0 Å². The monoisotopic (exact) mass is 586 g/mol. The van der Waals surface area contributed by atoms with Gasteiger partial charge in [-0.3, -0.25) is 9.69 Å². The van der Waals surface area contributed by atoms with Crippen LogP contribution in [-0.4, -0.2) is 89.8 Å². The highest BCUT2D eigenvalue weighted by Gasteiger charge is 2.51. The molecule has 11 heteroatoms. The first-order valence-corrected chi connectivity index (χ1v) is 15.0. The van der Waals surface area contributed by atoms with Gasteiger partial charge in [-0.05, 0) is 57.9 Å². The fourth-order valence-electron chi connectivity index (χ4n) is 7.00. The molecule has 4 bridgehead atoms. The highest BCUT2D eigenvalue weighted by atomic mass is 16.6. The molecule has 1 aromatic carbocycles. The van der Waals surface area contributed by atoms with Crippen molar-refractivity contribution in [1.82, 2.24) is 9.80 Å². The van der Waals surface area contributed by atoms with E-state index < -0.39 is 17.5 Å². The van der Waals surface area contributed by atoms with E-state index in [1.54, 1.807) is 18.7 Å². The standard InChI is InChI=1S/C21H27NO6.C10H15NO3/c1-3-27-20(25)22-16-10-7-11-17(22)14-21(13-16,28-19(24)18(23)26-2)12-15-8-5-4-6-9-15;1-2-14-10(13)11-7-4-3-5-8(11)9(12)6-7/h4-6,8-9,16-17H,3,7,10-14H2,1-2H3;7-8H,2-6H2,1H3. The van der Waals surface area contributed by atoms with E-state index in [2.05, 4.69) is 4.74 Å². The fraction of sp³-hybridized carbons (Fsp3) is 0.645. The average Bonchev–Trinajstić information content (AvgIpc) is 3.16. The number of hydrogen-bond donors (Lipinski definition) is 0. The molecule has 2 amide bonds. The number of methoxy groups -OCH3 is 1. The van der Waals surface area contributed by atoms with E-state index >= 15 is 0 Å². The molecule has 1 aromatic rings. The Morgan fingerprint density at radius 2 is 1.38 bits per heavy atom. The van der Waals surface area contributed by atoms with E-state index in [4.69, 9.17) is 14.2 Å². The lowest BCUT2D eigenvalue weighted by Gasteiger charge is -2.52. The molecule has 0 N–H and O–H groups in total. The van der Waals surface area contributed by atoms with E-state index in [-0.39, 0.29) is 42.1 Å². The number of amides is 2. The van der Waals surface area contributed by atoms with Gasteiger partial charge in [0.15, 0.2) is 5.78 Å². The molecule has 230 valence electrons. The number of rotatable bonds is 5. The number of carbonyl (C=O) groups is 5. The fourth-order valence-corrected chi connectivity index (χ4v) is 7.00. The largest absolute Gasteiger partial charge is 0.461 e. The highest BCUT2D eigenvalue weighted by molar-refractivity contribution is 6.29. The van der Waals surface area contributed by atoms with Gasteiger partial charge in [0.1, 0.15) is 5.60 Å². The number of fused-ring (bicyclic) bond motifs is 4. The summed E-state index contributed by atoms with van der Waals surface area (Å²) in [7, 11) is 1.16. The van der Waals surface area contributed by atoms with E-state index in [9.17, 15) is 24.0 Å². The second kappa shape index (κ2) is 14.0. The van der Waals surface area contributed by atoms with Crippen molar-refractivity contribution in [3.8, 4) is 0 Å². The first kappa shape index (κ1) is 31.3. The van der Waals surface area contributed by atoms with Gasteiger partial charge in [-0.1, -0.05) is 30.3 Å². The molecular weight excluding hydrogens is 544 g/mol. The highest BCUT2D eigenvalue weighted by Crippen LogP contribution is 2.43. The Hall–Kier alpha value is -3.63. The third-order valence-corrected chi connectivity index (χ3v) is 8.62. The van der Waals surface area contributed by atoms with E-state index in [1.807, 2.05) is 35.2 Å². The summed E-state index contributed by atoms with van der Waals surface area (Å²) in [5.74, 6) is -1.79. The van der Waals surface area contributed by atoms with Crippen LogP contribution in [0.25, 0.3) is 0 Å². The predicted molar refractivity (Wildman–Crippen MR) is 150 cm³/mol. The summed E-state index contributed by atoms with van der Waals surface area (Å²) in [4.78, 5) is 63.0. The van der Waals surface area contributed by atoms with Crippen molar-refractivity contribution in [2.24, 2.45) is 0 Å². The summed E-state index contributed by atoms with van der Waals surface area (Å²) < 4.78 is 20.5. The molecule has 0 aromatic heterocycles. The van der Waals surface area contributed by atoms with Crippen LogP contribution < -0.4 is 0 Å². The van der Waals surface area contributed by atoms with Crippen LogP contribution in [0.1, 0.15) is 77.2 Å². The Balaban J connectivity index is 0.000000241. The normalized spacial score (nSPS) is 27.7. The maximum Gasteiger partial charge on any atom is 0.418 e. The minimum absolute atomic E-state index is 0.0827. The van der Waals surface area contributed by atoms with Gasteiger partial charge in [0.25, 0.3) is 0 Å². The summed E-state index contributed by atoms with van der Waals surface area (Å²) in [6, 6.07) is 9.49. The second-order valence-corrected chi connectivity index (χ2v) is 11.4. The number of nitrogens with zero attached hydrogens (tertiary/aromatic N) is 2. The first-order chi connectivity index (χ1) is 20.2. The third kappa shape index (κ3) is 7.04. The van der Waals surface area contributed by atoms with Crippen LogP contribution in [0.4, 0.5) is 9.59 Å². The van der Waals surface area contributed by atoms with Crippen molar-refractivity contribution in [2.45, 2.75) is 108 Å². The zero-order valence-corrected chi connectivity index (χ0v) is 24.8. The Bertz CT molecular complexity index is 1130. The number of ketones is 1. The van der Waals surface area contributed by atoms with Gasteiger partial charge < -0.3 is 23.8 Å². The summed E-state index contributed by atoms with van der Waals surface area (Å²) in [5.41, 5.74) is 0.161. The van der Waals surface area contributed by atoms with Crippen LogP contribution in [-0.2, 0) is 39.8 Å². The summed E-state index contributed by atoms with van der Waals surface area (Å²) in [6.07, 6.45) is 6.80. The molecule has 0 saturated carbocycles. The Kier molecular flexibility index (Phi) is 10.5. The van der Waals surface area contributed by atoms with Crippen molar-refractivity contribution in [1.29, 1.82) is 0 Å². The summed E-state index contributed by atoms with van der Waals surface area (Å²) in [6.45, 7) is 4.27. The van der Waals surface area contributed by atoms with Crippen LogP contribution >= 0.6 is 0 Å². The van der Waals surface area contributed by atoms with Gasteiger partial charge in [-0.15, -0.1) is 0 Å². The predicted octanol–water partition coefficient (Wildman–Crippen LogP) is 4.20. The minimum Gasteiger partial charge on any atom is -0.461 e. The molecule has 4 aliphatic rings. The van der Waals surface area contributed by atoms with Crippen molar-refractivity contribution < 1.29 is 42.9 Å². The Labute approximate surface area is 246 Å². The van der Waals surface area contributed by atoms with Crippen LogP contribution in [0.15, 0.2) is 30.3 Å². The van der Waals surface area contributed by atoms with Crippen LogP contribution in [0.2, 0.25) is 0 Å². The first-order valence-electron chi connectivity index (χ1n) is 15.0. The van der Waals surface area contributed by atoms with Crippen molar-refractivity contribution in [2.75, 3.05) is 20.3 Å². The number of Topliss-reactive ketones (excluding diaryl/α,β-unsaturated/α-hetero) is 1. The number of esters is 2. The lowest BCUT2D eigenvalue weighted by atomic mass is 9.73. The Morgan fingerprint density at radius 3 is 1.95 bits per heavy atom. The maximum absolute atomic E-state index is 12.5. The molecule has 4 atom stereocenters. The maximum atomic E-state index is 12.5. The lowest BCUT2D eigenvalue weighted by molar-refractivity contribution is -0.184. The van der Waals surface area contributed by atoms with Gasteiger partial charge in [-0.25, -0.2) is 19.2 Å². The second-order valence-electron chi connectivity index (χ2n) is 11.4. The number of hydrogen-bond acceptors (Lipinski definition) is 9. The molecule has 42 heavy (non-hydrogen) atoms. The molecule has 4 unspecified atom stereocenters. The van der Waals surface area contributed by atoms with Crippen LogP contribution in [0, 0.1) is 0 Å². The van der Waals surface area contributed by atoms with Gasteiger partial charge >= 0.3 is 24.1 Å². The SMILES string of the molecule is CCOC(=O)N1C2CCCC1C(=O)C2.CCOC(=O)N1C2CCCC1CC(Cc1ccccc1)(OC(=O)C(=O)OC)C2. The molecule has 4 heterocycles. The average molecular weight is 587 g/mol. The zero-order valence-electron chi connectivity index (χ0n) is 24.8. The molecular formula is C31H42N2O9. The number of carbonyl (C=O) groups excluding carboxylic acids is 5. The van der Waals surface area contributed by atoms with Crippen LogP contribution in [0.3, 0.4) is 0 Å². The number of ether oxygens (including phenoxy) is 4. The third-order valence-electron chi connectivity index (χ3n) is 8.62. The number of benzene rings is 1. The molecule has 4 aliphatic heterocycles. The topological polar surface area (TPSA) is 129 Å². The molecule has 4 saturated heterocycles. The van der Waals surface area contributed by atoms with Gasteiger partial charge in [0.2, 0.25) is 0 Å². The zero-order chi connectivity index (χ0) is 30.3. The molecule has 4 fully saturated rings. The van der Waals surface area contributed by atoms with Crippen molar-refractivity contribution >= 4 is 29.9 Å². The van der Waals surface area contributed by atoms with Gasteiger partial charge in [0.05, 0.1) is 26.4 Å². The summed E-state index contributed by atoms with van der Waals surface area (Å²) >= 11 is 0. The molecule has 0 spiro atoms. The Morgan fingerprint density at radius 1 is 0.810 bits per heavy atom. The van der Waals surface area contributed by atoms with Crippen molar-refractivity contribution in [3.63, 3.8) is 0 Å². The van der Waals surface area contributed by atoms with E-state index in [0.717, 1.165) is 51.2 Å². The molecule has 5 rings (SSSR count). The van der Waals surface area contributed by atoms with Gasteiger partial charge in [0, 0.05) is 43.8 Å². The van der Waals surface area contributed by atoms with Crippen LogP contribution in [0.5, 0.6) is 0 Å².